The number of aryl methyl sites for hydroxylation is 1. The summed E-state index contributed by atoms with van der Waals surface area (Å²) in [6.45, 7) is 1.86. The highest BCUT2D eigenvalue weighted by atomic mass is 35.5. The summed E-state index contributed by atoms with van der Waals surface area (Å²) in [6, 6.07) is 7.68. The summed E-state index contributed by atoms with van der Waals surface area (Å²) < 4.78 is 45.5. The number of ether oxygens (including phenoxy) is 1. The number of hydrogen-bond donors (Lipinski definition) is 0. The lowest BCUT2D eigenvalue weighted by Crippen LogP contribution is -2.38. The van der Waals surface area contributed by atoms with Crippen LogP contribution in [0.5, 0.6) is 5.75 Å². The molecule has 0 atom stereocenters. The van der Waals surface area contributed by atoms with Crippen LogP contribution in [0.2, 0.25) is 5.02 Å². The molecule has 0 bridgehead atoms. The maximum Gasteiger partial charge on any atom is 0.471 e. The second kappa shape index (κ2) is 7.11. The molecule has 0 N–H and O–H groups in total. The number of carbonyl (C=O) groups excluding carboxylic acids is 1. The fourth-order valence-corrected chi connectivity index (χ4v) is 2.74. The van der Waals surface area contributed by atoms with Crippen molar-refractivity contribution in [2.24, 2.45) is 0 Å². The van der Waals surface area contributed by atoms with Crippen LogP contribution in [0.3, 0.4) is 0 Å². The summed E-state index contributed by atoms with van der Waals surface area (Å²) in [5.74, 6) is -1.46. The van der Waals surface area contributed by atoms with Crippen molar-refractivity contribution in [2.75, 3.05) is 11.9 Å². The Morgan fingerprint density at radius 2 is 2.07 bits per heavy atom. The zero-order chi connectivity index (χ0) is 19.8. The van der Waals surface area contributed by atoms with E-state index in [1.807, 2.05) is 19.3 Å². The first-order valence-electron chi connectivity index (χ1n) is 7.87. The molecule has 3 rings (SSSR count). The quantitative estimate of drug-likeness (QED) is 0.655. The van der Waals surface area contributed by atoms with E-state index in [2.05, 4.69) is 4.98 Å². The number of pyridine rings is 1. The smallest absolute Gasteiger partial charge is 0.471 e. The molecule has 0 aliphatic rings. The van der Waals surface area contributed by atoms with Gasteiger partial charge in [-0.2, -0.15) is 13.2 Å². The largest absolute Gasteiger partial charge is 0.485 e. The van der Waals surface area contributed by atoms with Crippen molar-refractivity contribution in [3.63, 3.8) is 0 Å². The van der Waals surface area contributed by atoms with Crippen molar-refractivity contribution >= 4 is 28.8 Å². The van der Waals surface area contributed by atoms with Gasteiger partial charge >= 0.3 is 12.1 Å². The van der Waals surface area contributed by atoms with Gasteiger partial charge in [0.2, 0.25) is 0 Å². The van der Waals surface area contributed by atoms with Crippen LogP contribution >= 0.6 is 11.6 Å². The van der Waals surface area contributed by atoms with E-state index < -0.39 is 12.1 Å². The van der Waals surface area contributed by atoms with Gasteiger partial charge in [-0.15, -0.1) is 0 Å². The van der Waals surface area contributed by atoms with Crippen molar-refractivity contribution in [1.29, 1.82) is 0 Å². The number of hydrogen-bond acceptors (Lipinski definition) is 3. The van der Waals surface area contributed by atoms with Crippen molar-refractivity contribution in [3.8, 4) is 5.75 Å². The van der Waals surface area contributed by atoms with Crippen LogP contribution in [0.4, 0.5) is 18.9 Å². The molecule has 2 aromatic heterocycles. The second-order valence-electron chi connectivity index (χ2n) is 5.91. The van der Waals surface area contributed by atoms with E-state index in [1.165, 1.54) is 18.2 Å². The number of benzene rings is 1. The lowest BCUT2D eigenvalue weighted by Gasteiger charge is -2.20. The minimum absolute atomic E-state index is 0.00625. The van der Waals surface area contributed by atoms with Crippen LogP contribution in [0.15, 0.2) is 42.7 Å². The molecule has 1 aromatic carbocycles. The van der Waals surface area contributed by atoms with E-state index in [-0.39, 0.29) is 12.3 Å². The number of alkyl halides is 3. The number of aromatic nitrogens is 2. The molecule has 9 heteroatoms. The van der Waals surface area contributed by atoms with E-state index in [0.717, 1.165) is 12.7 Å². The number of amides is 1. The van der Waals surface area contributed by atoms with Gasteiger partial charge in [0, 0.05) is 35.7 Å². The molecule has 0 saturated heterocycles. The molecule has 3 aromatic rings. The van der Waals surface area contributed by atoms with E-state index in [1.54, 1.807) is 16.5 Å². The van der Waals surface area contributed by atoms with Crippen molar-refractivity contribution < 1.29 is 22.7 Å². The third-order valence-corrected chi connectivity index (χ3v) is 4.28. The molecule has 0 fully saturated rings. The summed E-state index contributed by atoms with van der Waals surface area (Å²) in [6.07, 6.45) is -1.29. The third kappa shape index (κ3) is 4.00. The van der Waals surface area contributed by atoms with Gasteiger partial charge in [0.1, 0.15) is 6.61 Å². The third-order valence-electron chi connectivity index (χ3n) is 3.91. The molecule has 0 aliphatic carbocycles. The number of fused-ring (bicyclic) bond motifs is 1. The Bertz CT molecular complexity index is 1000. The topological polar surface area (TPSA) is 46.8 Å². The molecule has 142 valence electrons. The van der Waals surface area contributed by atoms with Gasteiger partial charge in [-0.25, -0.2) is 4.98 Å². The Hall–Kier alpha value is -2.74. The highest BCUT2D eigenvalue weighted by Gasteiger charge is 2.41. The lowest BCUT2D eigenvalue weighted by molar-refractivity contribution is -0.170. The van der Waals surface area contributed by atoms with Crippen LogP contribution in [-0.2, 0) is 11.4 Å². The van der Waals surface area contributed by atoms with Gasteiger partial charge in [-0.1, -0.05) is 11.6 Å². The lowest BCUT2D eigenvalue weighted by atomic mass is 10.2. The normalized spacial score (nSPS) is 11.6. The van der Waals surface area contributed by atoms with Gasteiger partial charge in [0.05, 0.1) is 5.69 Å². The number of carbonyl (C=O) groups is 1. The maximum atomic E-state index is 12.6. The summed E-state index contributed by atoms with van der Waals surface area (Å²) in [7, 11) is 1.05. The monoisotopic (exact) mass is 397 g/mol. The predicted molar refractivity (Wildman–Crippen MR) is 95.2 cm³/mol. The van der Waals surface area contributed by atoms with Crippen molar-refractivity contribution in [3.05, 3.63) is 59.0 Å². The number of nitrogens with zero attached hydrogens (tertiary/aromatic N) is 3. The van der Waals surface area contributed by atoms with E-state index in [4.69, 9.17) is 16.3 Å². The van der Waals surface area contributed by atoms with Gasteiger partial charge in [0.25, 0.3) is 0 Å². The highest BCUT2D eigenvalue weighted by molar-refractivity contribution is 6.31. The zero-order valence-electron chi connectivity index (χ0n) is 14.4. The Balaban J connectivity index is 1.83. The SMILES string of the molecule is Cc1cn2cccc(OCc3cc(N(C)C(=O)C(F)(F)F)ccc3Cl)c2n1. The molecule has 0 saturated carbocycles. The molecule has 0 unspecified atom stereocenters. The highest BCUT2D eigenvalue weighted by Crippen LogP contribution is 2.28. The predicted octanol–water partition coefficient (Wildman–Crippen LogP) is 4.40. The van der Waals surface area contributed by atoms with Crippen molar-refractivity contribution in [1.82, 2.24) is 9.38 Å². The minimum atomic E-state index is -4.96. The van der Waals surface area contributed by atoms with Gasteiger partial charge in [-0.3, -0.25) is 4.79 Å². The van der Waals surface area contributed by atoms with E-state index in [9.17, 15) is 18.0 Å². The molecule has 0 spiro atoms. The summed E-state index contributed by atoms with van der Waals surface area (Å²) in [4.78, 5) is 16.3. The number of anilines is 1. The van der Waals surface area contributed by atoms with Gasteiger partial charge < -0.3 is 14.0 Å². The molecule has 0 aliphatic heterocycles. The van der Waals surface area contributed by atoms with Gasteiger partial charge in [-0.05, 0) is 37.3 Å². The summed E-state index contributed by atoms with van der Waals surface area (Å²) >= 11 is 6.13. The van der Waals surface area contributed by atoms with Crippen LogP contribution in [0, 0.1) is 6.92 Å². The van der Waals surface area contributed by atoms with Crippen LogP contribution in [0.1, 0.15) is 11.3 Å². The molecule has 1 amide bonds. The van der Waals surface area contributed by atoms with Crippen molar-refractivity contribution in [2.45, 2.75) is 19.7 Å². The number of imidazole rings is 1. The molecular weight excluding hydrogens is 383 g/mol. The first kappa shape index (κ1) is 19.0. The number of rotatable bonds is 4. The van der Waals surface area contributed by atoms with Crippen LogP contribution in [0.25, 0.3) is 5.65 Å². The average Bonchev–Trinajstić information content (AvgIpc) is 2.99. The standard InChI is InChI=1S/C18H15ClF3N3O2/c1-11-9-25-7-3-4-15(16(25)23-11)27-10-12-8-13(5-6-14(12)19)24(2)17(26)18(20,21)22/h3-9H,10H2,1-2H3. The molecule has 2 heterocycles. The second-order valence-corrected chi connectivity index (χ2v) is 6.32. The average molecular weight is 398 g/mol. The molecule has 5 nitrogen and oxygen atoms in total. The fourth-order valence-electron chi connectivity index (χ4n) is 2.57. The van der Waals surface area contributed by atoms with Crippen LogP contribution < -0.4 is 9.64 Å². The molecular formula is C18H15ClF3N3O2. The zero-order valence-corrected chi connectivity index (χ0v) is 15.2. The Morgan fingerprint density at radius 1 is 1.33 bits per heavy atom. The van der Waals surface area contributed by atoms with E-state index >= 15 is 0 Å². The Labute approximate surface area is 157 Å². The Morgan fingerprint density at radius 3 is 2.78 bits per heavy atom. The van der Waals surface area contributed by atoms with E-state index in [0.29, 0.717) is 26.9 Å². The number of halogens is 4. The minimum Gasteiger partial charge on any atom is -0.485 e. The van der Waals surface area contributed by atoms with Crippen LogP contribution in [-0.4, -0.2) is 28.5 Å². The van der Waals surface area contributed by atoms with Gasteiger partial charge in [0.15, 0.2) is 11.4 Å². The first-order valence-corrected chi connectivity index (χ1v) is 8.25. The maximum absolute atomic E-state index is 12.6. The fraction of sp³-hybridized carbons (Fsp3) is 0.222. The Kier molecular flexibility index (Phi) is 5.01. The first-order chi connectivity index (χ1) is 12.7. The molecule has 27 heavy (non-hydrogen) atoms. The summed E-state index contributed by atoms with van der Waals surface area (Å²) in [5, 5.41) is 0.318. The summed E-state index contributed by atoms with van der Waals surface area (Å²) in [5.41, 5.74) is 1.95. The molecule has 0 radical (unpaired) electrons.